The molecule has 2 N–H and O–H groups in total. The Morgan fingerprint density at radius 1 is 1.19 bits per heavy atom. The number of Topliss-reactive ketones (excluding diaryl/α,β-unsaturated/α-hetero) is 1. The summed E-state index contributed by atoms with van der Waals surface area (Å²) in [6, 6.07) is 6.14. The standard InChI is InChI=1S/C12H17NO3/c1-12(2,3)8-11(14)9-4-6-10(7-5-9)13(15)16/h4-7,15-16H,8H2,1-3H3. The van der Waals surface area contributed by atoms with Gasteiger partial charge < -0.3 is 0 Å². The molecular weight excluding hydrogens is 206 g/mol. The lowest BCUT2D eigenvalue weighted by atomic mass is 9.88. The first-order valence-electron chi connectivity index (χ1n) is 5.11. The van der Waals surface area contributed by atoms with E-state index in [9.17, 15) is 4.79 Å². The molecule has 1 aromatic rings. The molecule has 4 nitrogen and oxygen atoms in total. The highest BCUT2D eigenvalue weighted by Gasteiger charge is 2.17. The van der Waals surface area contributed by atoms with Crippen LogP contribution in [-0.2, 0) is 0 Å². The van der Waals surface area contributed by atoms with Gasteiger partial charge in [0.25, 0.3) is 0 Å². The van der Waals surface area contributed by atoms with Gasteiger partial charge in [-0.2, -0.15) is 0 Å². The summed E-state index contributed by atoms with van der Waals surface area (Å²) in [6.45, 7) is 6.01. The first-order valence-corrected chi connectivity index (χ1v) is 5.11. The number of nitrogens with zero attached hydrogens (tertiary/aromatic N) is 1. The van der Waals surface area contributed by atoms with E-state index in [0.29, 0.717) is 12.0 Å². The summed E-state index contributed by atoms with van der Waals surface area (Å²) in [5, 5.41) is 17.5. The molecule has 0 amide bonds. The lowest BCUT2D eigenvalue weighted by Crippen LogP contribution is -2.14. The van der Waals surface area contributed by atoms with Gasteiger partial charge in [-0.25, -0.2) is 0 Å². The Labute approximate surface area is 95.0 Å². The van der Waals surface area contributed by atoms with Crippen molar-refractivity contribution in [2.75, 3.05) is 5.23 Å². The fourth-order valence-electron chi connectivity index (χ4n) is 1.36. The van der Waals surface area contributed by atoms with E-state index in [2.05, 4.69) is 0 Å². The molecule has 0 heterocycles. The van der Waals surface area contributed by atoms with Crippen molar-refractivity contribution in [1.29, 1.82) is 0 Å². The number of carbonyl (C=O) groups is 1. The molecule has 0 aliphatic carbocycles. The highest BCUT2D eigenvalue weighted by atomic mass is 16.8. The lowest BCUT2D eigenvalue weighted by Gasteiger charge is -2.17. The van der Waals surface area contributed by atoms with Crippen LogP contribution >= 0.6 is 0 Å². The van der Waals surface area contributed by atoms with E-state index in [1.165, 1.54) is 12.1 Å². The average molecular weight is 223 g/mol. The number of anilines is 1. The first kappa shape index (κ1) is 12.7. The molecule has 0 saturated carbocycles. The van der Waals surface area contributed by atoms with Crippen molar-refractivity contribution in [1.82, 2.24) is 0 Å². The Kier molecular flexibility index (Phi) is 3.67. The van der Waals surface area contributed by atoms with Crippen LogP contribution in [0, 0.1) is 5.41 Å². The van der Waals surface area contributed by atoms with Crippen LogP contribution in [0.3, 0.4) is 0 Å². The minimum Gasteiger partial charge on any atom is -0.294 e. The Morgan fingerprint density at radius 3 is 2.06 bits per heavy atom. The quantitative estimate of drug-likeness (QED) is 0.611. The fraction of sp³-hybridized carbons (Fsp3) is 0.417. The number of hydrogen-bond acceptors (Lipinski definition) is 4. The number of ketones is 1. The Hall–Kier alpha value is -1.39. The second-order valence-corrected chi connectivity index (χ2v) is 5.00. The molecule has 0 spiro atoms. The lowest BCUT2D eigenvalue weighted by molar-refractivity contribution is 0.0291. The first-order chi connectivity index (χ1) is 7.29. The van der Waals surface area contributed by atoms with Crippen molar-refractivity contribution in [3.63, 3.8) is 0 Å². The molecule has 4 heteroatoms. The van der Waals surface area contributed by atoms with Crippen LogP contribution in [0.4, 0.5) is 5.69 Å². The smallest absolute Gasteiger partial charge is 0.163 e. The molecule has 0 aliphatic heterocycles. The van der Waals surface area contributed by atoms with Gasteiger partial charge in [-0.15, -0.1) is 5.23 Å². The summed E-state index contributed by atoms with van der Waals surface area (Å²) in [6.07, 6.45) is 0.467. The summed E-state index contributed by atoms with van der Waals surface area (Å²) >= 11 is 0. The third-order valence-electron chi connectivity index (χ3n) is 2.11. The zero-order chi connectivity index (χ0) is 12.3. The minimum absolute atomic E-state index is 0.0258. The molecule has 0 saturated heterocycles. The summed E-state index contributed by atoms with van der Waals surface area (Å²) in [7, 11) is 0. The largest absolute Gasteiger partial charge is 0.294 e. The van der Waals surface area contributed by atoms with Gasteiger partial charge in [-0.05, 0) is 29.7 Å². The van der Waals surface area contributed by atoms with Gasteiger partial charge in [0.1, 0.15) is 0 Å². The number of benzene rings is 1. The Balaban J connectivity index is 2.78. The van der Waals surface area contributed by atoms with E-state index in [1.807, 2.05) is 20.8 Å². The van der Waals surface area contributed by atoms with Crippen molar-refractivity contribution < 1.29 is 15.2 Å². The van der Waals surface area contributed by atoms with Gasteiger partial charge in [0.05, 0.1) is 5.69 Å². The molecule has 0 aromatic heterocycles. The van der Waals surface area contributed by atoms with Crippen molar-refractivity contribution in [2.24, 2.45) is 5.41 Å². The minimum atomic E-state index is -0.0459. The van der Waals surface area contributed by atoms with Crippen LogP contribution in [0.1, 0.15) is 37.6 Å². The number of carbonyl (C=O) groups excluding carboxylic acids is 1. The van der Waals surface area contributed by atoms with Gasteiger partial charge in [0, 0.05) is 12.0 Å². The van der Waals surface area contributed by atoms with E-state index >= 15 is 0 Å². The zero-order valence-corrected chi connectivity index (χ0v) is 9.77. The molecule has 0 bridgehead atoms. The maximum atomic E-state index is 11.8. The third-order valence-corrected chi connectivity index (χ3v) is 2.11. The topological polar surface area (TPSA) is 60.8 Å². The maximum absolute atomic E-state index is 11.8. The second kappa shape index (κ2) is 4.63. The van der Waals surface area contributed by atoms with Gasteiger partial charge in [-0.1, -0.05) is 20.8 Å². The zero-order valence-electron chi connectivity index (χ0n) is 9.77. The molecule has 0 aliphatic rings. The highest BCUT2D eigenvalue weighted by Crippen LogP contribution is 2.22. The molecule has 0 radical (unpaired) electrons. The normalized spacial score (nSPS) is 11.3. The monoisotopic (exact) mass is 223 g/mol. The van der Waals surface area contributed by atoms with Gasteiger partial charge in [-0.3, -0.25) is 15.2 Å². The molecule has 1 aromatic carbocycles. The summed E-state index contributed by atoms with van der Waals surface area (Å²) in [4.78, 5) is 11.8. The highest BCUT2D eigenvalue weighted by molar-refractivity contribution is 5.96. The molecule has 0 fully saturated rings. The van der Waals surface area contributed by atoms with Crippen LogP contribution in [0.5, 0.6) is 0 Å². The predicted molar refractivity (Wildman–Crippen MR) is 60.9 cm³/mol. The van der Waals surface area contributed by atoms with E-state index < -0.39 is 0 Å². The van der Waals surface area contributed by atoms with Crippen molar-refractivity contribution in [3.05, 3.63) is 29.8 Å². The van der Waals surface area contributed by atoms with Gasteiger partial charge in [0.2, 0.25) is 0 Å². The average Bonchev–Trinajstić information content (AvgIpc) is 2.15. The molecule has 1 rings (SSSR count). The van der Waals surface area contributed by atoms with Gasteiger partial charge in [0.15, 0.2) is 5.78 Å². The van der Waals surface area contributed by atoms with Crippen LogP contribution in [0.15, 0.2) is 24.3 Å². The predicted octanol–water partition coefficient (Wildman–Crippen LogP) is 2.89. The molecule has 0 unspecified atom stereocenters. The van der Waals surface area contributed by atoms with Gasteiger partial charge >= 0.3 is 0 Å². The van der Waals surface area contributed by atoms with E-state index in [4.69, 9.17) is 10.4 Å². The van der Waals surface area contributed by atoms with E-state index in [1.54, 1.807) is 12.1 Å². The van der Waals surface area contributed by atoms with Crippen molar-refractivity contribution >= 4 is 11.5 Å². The fourth-order valence-corrected chi connectivity index (χ4v) is 1.36. The van der Waals surface area contributed by atoms with Crippen molar-refractivity contribution in [2.45, 2.75) is 27.2 Å². The molecule has 0 atom stereocenters. The van der Waals surface area contributed by atoms with E-state index in [0.717, 1.165) is 0 Å². The van der Waals surface area contributed by atoms with E-state index in [-0.39, 0.29) is 22.1 Å². The summed E-state index contributed by atoms with van der Waals surface area (Å²) in [5.41, 5.74) is 0.767. The second-order valence-electron chi connectivity index (χ2n) is 5.00. The van der Waals surface area contributed by atoms with Crippen LogP contribution in [0.25, 0.3) is 0 Å². The number of rotatable bonds is 3. The van der Waals surface area contributed by atoms with Crippen LogP contribution in [-0.4, -0.2) is 16.2 Å². The Morgan fingerprint density at radius 2 is 1.69 bits per heavy atom. The maximum Gasteiger partial charge on any atom is 0.163 e. The third kappa shape index (κ3) is 3.64. The number of hydrogen-bond donors (Lipinski definition) is 2. The SMILES string of the molecule is CC(C)(C)CC(=O)c1ccc(N(O)O)cc1. The molecule has 16 heavy (non-hydrogen) atoms. The van der Waals surface area contributed by atoms with Crippen molar-refractivity contribution in [3.8, 4) is 0 Å². The van der Waals surface area contributed by atoms with Crippen LogP contribution < -0.4 is 5.23 Å². The molecular formula is C12H17NO3. The Bertz CT molecular complexity index is 363. The molecule has 88 valence electrons. The summed E-state index contributed by atoms with van der Waals surface area (Å²) < 4.78 is 0. The summed E-state index contributed by atoms with van der Waals surface area (Å²) in [5.74, 6) is 0.0569. The van der Waals surface area contributed by atoms with Crippen LogP contribution in [0.2, 0.25) is 0 Å².